The summed E-state index contributed by atoms with van der Waals surface area (Å²) >= 11 is 5.93. The van der Waals surface area contributed by atoms with Crippen LogP contribution in [0.3, 0.4) is 0 Å². The summed E-state index contributed by atoms with van der Waals surface area (Å²) in [6.07, 6.45) is 1.65. The maximum atomic E-state index is 12.9. The van der Waals surface area contributed by atoms with Gasteiger partial charge in [-0.15, -0.1) is 0 Å². The summed E-state index contributed by atoms with van der Waals surface area (Å²) in [5.74, 6) is 0.314. The van der Waals surface area contributed by atoms with Gasteiger partial charge in [-0.3, -0.25) is 14.2 Å². The highest BCUT2D eigenvalue weighted by molar-refractivity contribution is 6.30. The molecule has 2 aromatic carbocycles. The molecule has 0 saturated heterocycles. The third-order valence-corrected chi connectivity index (χ3v) is 4.78. The van der Waals surface area contributed by atoms with Gasteiger partial charge < -0.3 is 5.32 Å². The summed E-state index contributed by atoms with van der Waals surface area (Å²) in [5.41, 5.74) is 1.72. The van der Waals surface area contributed by atoms with Gasteiger partial charge in [0.15, 0.2) is 5.65 Å². The topological polar surface area (TPSA) is 81.8 Å². The fourth-order valence-corrected chi connectivity index (χ4v) is 3.32. The second kappa shape index (κ2) is 7.89. The van der Waals surface area contributed by atoms with Crippen molar-refractivity contribution >= 4 is 34.2 Å². The van der Waals surface area contributed by atoms with E-state index in [1.54, 1.807) is 35.9 Å². The second-order valence-electron chi connectivity index (χ2n) is 6.55. The molecule has 0 aliphatic rings. The van der Waals surface area contributed by atoms with Crippen LogP contribution in [0.25, 0.3) is 16.7 Å². The first-order valence-corrected chi connectivity index (χ1v) is 9.47. The van der Waals surface area contributed by atoms with Gasteiger partial charge in [-0.05, 0) is 37.3 Å². The quantitative estimate of drug-likeness (QED) is 0.548. The lowest BCUT2D eigenvalue weighted by atomic mass is 10.3. The van der Waals surface area contributed by atoms with Gasteiger partial charge in [0, 0.05) is 23.7 Å². The highest BCUT2D eigenvalue weighted by Gasteiger charge is 2.15. The SMILES string of the molecule is Cc1nc2c(cnn2-c2ccccc2)c(=O)n1CCC(=O)Nc1cccc(Cl)c1. The van der Waals surface area contributed by atoms with Gasteiger partial charge in [0.1, 0.15) is 11.2 Å². The fourth-order valence-electron chi connectivity index (χ4n) is 3.13. The largest absolute Gasteiger partial charge is 0.326 e. The summed E-state index contributed by atoms with van der Waals surface area (Å²) < 4.78 is 3.14. The second-order valence-corrected chi connectivity index (χ2v) is 6.99. The van der Waals surface area contributed by atoms with Crippen LogP contribution in [-0.4, -0.2) is 25.2 Å². The summed E-state index contributed by atoms with van der Waals surface area (Å²) in [6, 6.07) is 16.4. The number of para-hydroxylation sites is 1. The summed E-state index contributed by atoms with van der Waals surface area (Å²) in [5, 5.41) is 8.05. The van der Waals surface area contributed by atoms with Gasteiger partial charge in [0.25, 0.3) is 5.56 Å². The van der Waals surface area contributed by atoms with Crippen LogP contribution >= 0.6 is 11.6 Å². The maximum Gasteiger partial charge on any atom is 0.264 e. The minimum atomic E-state index is -0.217. The molecule has 0 radical (unpaired) electrons. The van der Waals surface area contributed by atoms with Crippen LogP contribution in [0.2, 0.25) is 5.02 Å². The van der Waals surface area contributed by atoms with Crippen LogP contribution in [0.1, 0.15) is 12.2 Å². The normalized spacial score (nSPS) is 11.0. The minimum Gasteiger partial charge on any atom is -0.326 e. The van der Waals surface area contributed by atoms with Crippen LogP contribution in [-0.2, 0) is 11.3 Å². The molecule has 0 fully saturated rings. The smallest absolute Gasteiger partial charge is 0.264 e. The number of rotatable bonds is 5. The predicted octanol–water partition coefficient (Wildman–Crippen LogP) is 3.57. The lowest BCUT2D eigenvalue weighted by Crippen LogP contribution is -2.26. The Morgan fingerprint density at radius 2 is 1.93 bits per heavy atom. The van der Waals surface area contributed by atoms with Crippen LogP contribution in [0.4, 0.5) is 5.69 Å². The van der Waals surface area contributed by atoms with Gasteiger partial charge in [0.2, 0.25) is 5.91 Å². The van der Waals surface area contributed by atoms with Gasteiger partial charge >= 0.3 is 0 Å². The molecular weight excluding hydrogens is 390 g/mol. The first-order valence-electron chi connectivity index (χ1n) is 9.09. The molecule has 0 bridgehead atoms. The minimum absolute atomic E-state index is 0.132. The van der Waals surface area contributed by atoms with Crippen molar-refractivity contribution < 1.29 is 4.79 Å². The number of halogens is 1. The average Bonchev–Trinajstić information content (AvgIpc) is 3.12. The Balaban J connectivity index is 1.57. The highest BCUT2D eigenvalue weighted by atomic mass is 35.5. The Bertz CT molecular complexity index is 1250. The van der Waals surface area contributed by atoms with Crippen molar-refractivity contribution in [3.63, 3.8) is 0 Å². The van der Waals surface area contributed by atoms with Gasteiger partial charge in [0.05, 0.1) is 11.9 Å². The fraction of sp³-hybridized carbons (Fsp3) is 0.143. The number of hydrogen-bond donors (Lipinski definition) is 1. The third kappa shape index (κ3) is 3.90. The molecule has 2 aromatic heterocycles. The Kier molecular flexibility index (Phi) is 5.14. The zero-order chi connectivity index (χ0) is 20.4. The van der Waals surface area contributed by atoms with E-state index in [1.165, 1.54) is 10.8 Å². The number of benzene rings is 2. The molecule has 7 nitrogen and oxygen atoms in total. The number of nitrogens with one attached hydrogen (secondary N) is 1. The summed E-state index contributed by atoms with van der Waals surface area (Å²) in [4.78, 5) is 29.8. The molecule has 146 valence electrons. The van der Waals surface area contributed by atoms with Crippen molar-refractivity contribution in [3.8, 4) is 5.69 Å². The molecule has 0 spiro atoms. The van der Waals surface area contributed by atoms with E-state index >= 15 is 0 Å². The standard InChI is InChI=1S/C21H18ClN5O2/c1-14-24-20-18(13-23-27(20)17-8-3-2-4-9-17)21(29)26(14)11-10-19(28)25-16-7-5-6-15(22)12-16/h2-9,12-13H,10-11H2,1H3,(H,25,28). The number of hydrogen-bond acceptors (Lipinski definition) is 4. The van der Waals surface area contributed by atoms with Crippen molar-refractivity contribution in [2.75, 3.05) is 5.32 Å². The van der Waals surface area contributed by atoms with Crippen molar-refractivity contribution in [2.45, 2.75) is 19.9 Å². The Morgan fingerprint density at radius 1 is 1.14 bits per heavy atom. The molecule has 8 heteroatoms. The number of anilines is 1. The van der Waals surface area contributed by atoms with Crippen molar-refractivity contribution in [1.82, 2.24) is 19.3 Å². The van der Waals surface area contributed by atoms with E-state index in [4.69, 9.17) is 11.6 Å². The van der Waals surface area contributed by atoms with Crippen LogP contribution in [0.15, 0.2) is 65.6 Å². The molecule has 0 unspecified atom stereocenters. The van der Waals surface area contributed by atoms with Crippen LogP contribution < -0.4 is 10.9 Å². The lowest BCUT2D eigenvalue weighted by Gasteiger charge is -2.11. The van der Waals surface area contributed by atoms with E-state index in [-0.39, 0.29) is 24.4 Å². The molecule has 4 rings (SSSR count). The lowest BCUT2D eigenvalue weighted by molar-refractivity contribution is -0.116. The Morgan fingerprint density at radius 3 is 2.69 bits per heavy atom. The molecule has 2 heterocycles. The number of aromatic nitrogens is 4. The number of carbonyl (C=O) groups excluding carboxylic acids is 1. The molecule has 0 atom stereocenters. The summed E-state index contributed by atoms with van der Waals surface area (Å²) in [7, 11) is 0. The first-order chi connectivity index (χ1) is 14.0. The average molecular weight is 408 g/mol. The molecule has 1 N–H and O–H groups in total. The van der Waals surface area contributed by atoms with E-state index in [1.807, 2.05) is 30.3 Å². The van der Waals surface area contributed by atoms with Crippen LogP contribution in [0, 0.1) is 6.92 Å². The molecular formula is C21H18ClN5O2. The molecule has 1 amide bonds. The number of nitrogens with zero attached hydrogens (tertiary/aromatic N) is 4. The molecule has 0 saturated carbocycles. The molecule has 0 aliphatic heterocycles. The number of fused-ring (bicyclic) bond motifs is 1. The zero-order valence-corrected chi connectivity index (χ0v) is 16.4. The Labute approximate surface area is 171 Å². The first kappa shape index (κ1) is 18.9. The van der Waals surface area contributed by atoms with Gasteiger partial charge in [-0.1, -0.05) is 35.9 Å². The highest BCUT2D eigenvalue weighted by Crippen LogP contribution is 2.16. The van der Waals surface area contributed by atoms with E-state index in [9.17, 15) is 9.59 Å². The Hall–Kier alpha value is -3.45. The zero-order valence-electron chi connectivity index (χ0n) is 15.7. The van der Waals surface area contributed by atoms with E-state index in [0.29, 0.717) is 27.6 Å². The number of amides is 1. The van der Waals surface area contributed by atoms with Crippen molar-refractivity contribution in [2.24, 2.45) is 0 Å². The predicted molar refractivity (Wildman–Crippen MR) is 113 cm³/mol. The van der Waals surface area contributed by atoms with E-state index in [0.717, 1.165) is 5.69 Å². The van der Waals surface area contributed by atoms with Crippen LogP contribution in [0.5, 0.6) is 0 Å². The van der Waals surface area contributed by atoms with E-state index in [2.05, 4.69) is 15.4 Å². The summed E-state index contributed by atoms with van der Waals surface area (Å²) in [6.45, 7) is 1.97. The van der Waals surface area contributed by atoms with E-state index < -0.39 is 0 Å². The maximum absolute atomic E-state index is 12.9. The number of carbonyl (C=O) groups is 1. The third-order valence-electron chi connectivity index (χ3n) is 4.55. The monoisotopic (exact) mass is 407 g/mol. The number of aryl methyl sites for hydroxylation is 1. The van der Waals surface area contributed by atoms with Crippen molar-refractivity contribution in [1.29, 1.82) is 0 Å². The van der Waals surface area contributed by atoms with Crippen molar-refractivity contribution in [3.05, 3.63) is 82.0 Å². The molecule has 4 aromatic rings. The molecule has 29 heavy (non-hydrogen) atoms. The van der Waals surface area contributed by atoms with Gasteiger partial charge in [-0.2, -0.15) is 5.10 Å². The molecule has 0 aliphatic carbocycles. The van der Waals surface area contributed by atoms with Gasteiger partial charge in [-0.25, -0.2) is 9.67 Å².